The third kappa shape index (κ3) is 3.53. The Kier molecular flexibility index (Phi) is 4.92. The molecule has 0 spiro atoms. The first-order chi connectivity index (χ1) is 9.11. The largest absolute Gasteiger partial charge is 0.294 e. The molecule has 2 aromatic rings. The number of hydrogen-bond donors (Lipinski definition) is 0. The van der Waals surface area contributed by atoms with Crippen LogP contribution in [0.25, 0.3) is 0 Å². The SMILES string of the molecule is CCC(=O)c1ccccc1Sc1cc(Cl)ccc1Cl. The van der Waals surface area contributed by atoms with E-state index in [9.17, 15) is 4.79 Å². The Morgan fingerprint density at radius 2 is 1.84 bits per heavy atom. The van der Waals surface area contributed by atoms with E-state index >= 15 is 0 Å². The van der Waals surface area contributed by atoms with Crippen LogP contribution in [0, 0.1) is 0 Å². The summed E-state index contributed by atoms with van der Waals surface area (Å²) in [4.78, 5) is 13.7. The third-order valence-corrected chi connectivity index (χ3v) is 4.43. The predicted octanol–water partition coefficient (Wildman–Crippen LogP) is 5.74. The molecule has 0 aliphatic carbocycles. The van der Waals surface area contributed by atoms with Crippen molar-refractivity contribution in [2.75, 3.05) is 0 Å². The van der Waals surface area contributed by atoms with Gasteiger partial charge in [-0.25, -0.2) is 0 Å². The standard InChI is InChI=1S/C15H12Cl2OS/c1-2-13(18)11-5-3-4-6-14(11)19-15-9-10(16)7-8-12(15)17/h3-9H,2H2,1H3. The molecule has 0 unspecified atom stereocenters. The molecule has 0 saturated heterocycles. The molecule has 0 aliphatic rings. The van der Waals surface area contributed by atoms with Crippen molar-refractivity contribution < 1.29 is 4.79 Å². The number of hydrogen-bond acceptors (Lipinski definition) is 2. The lowest BCUT2D eigenvalue weighted by Crippen LogP contribution is -1.98. The normalized spacial score (nSPS) is 10.5. The Hall–Kier alpha value is -0.960. The number of benzene rings is 2. The van der Waals surface area contributed by atoms with Crippen LogP contribution in [0.3, 0.4) is 0 Å². The van der Waals surface area contributed by atoms with E-state index in [1.807, 2.05) is 37.3 Å². The molecule has 98 valence electrons. The number of carbonyl (C=O) groups is 1. The summed E-state index contributed by atoms with van der Waals surface area (Å²) in [6.45, 7) is 1.86. The zero-order valence-electron chi connectivity index (χ0n) is 10.3. The fraction of sp³-hybridized carbons (Fsp3) is 0.133. The molecule has 0 aromatic heterocycles. The Bertz CT molecular complexity index is 611. The third-order valence-electron chi connectivity index (χ3n) is 2.62. The second-order valence-corrected chi connectivity index (χ2v) is 5.88. The van der Waals surface area contributed by atoms with Gasteiger partial charge in [0, 0.05) is 26.8 Å². The summed E-state index contributed by atoms with van der Waals surface area (Å²) >= 11 is 13.6. The van der Waals surface area contributed by atoms with Crippen molar-refractivity contribution in [1.29, 1.82) is 0 Å². The van der Waals surface area contributed by atoms with Crippen LogP contribution >= 0.6 is 35.0 Å². The molecule has 2 rings (SSSR count). The first kappa shape index (κ1) is 14.4. The summed E-state index contributed by atoms with van der Waals surface area (Å²) in [5.74, 6) is 0.126. The zero-order valence-corrected chi connectivity index (χ0v) is 12.6. The number of halogens is 2. The quantitative estimate of drug-likeness (QED) is 0.670. The maximum Gasteiger partial charge on any atom is 0.163 e. The molecule has 19 heavy (non-hydrogen) atoms. The van der Waals surface area contributed by atoms with Crippen LogP contribution in [0.4, 0.5) is 0 Å². The number of carbonyl (C=O) groups excluding carboxylic acids is 1. The zero-order chi connectivity index (χ0) is 13.8. The Morgan fingerprint density at radius 3 is 2.58 bits per heavy atom. The van der Waals surface area contributed by atoms with Crippen molar-refractivity contribution in [3.05, 3.63) is 58.1 Å². The van der Waals surface area contributed by atoms with E-state index in [1.54, 1.807) is 12.1 Å². The molecule has 0 saturated carbocycles. The first-order valence-electron chi connectivity index (χ1n) is 5.87. The molecular formula is C15H12Cl2OS. The maximum atomic E-state index is 11.9. The van der Waals surface area contributed by atoms with Crippen LogP contribution in [-0.4, -0.2) is 5.78 Å². The predicted molar refractivity (Wildman–Crippen MR) is 81.6 cm³/mol. The highest BCUT2D eigenvalue weighted by molar-refractivity contribution is 7.99. The van der Waals surface area contributed by atoms with Gasteiger partial charge in [-0.05, 0) is 24.3 Å². The fourth-order valence-electron chi connectivity index (χ4n) is 1.65. The van der Waals surface area contributed by atoms with Crippen molar-refractivity contribution in [2.45, 2.75) is 23.1 Å². The summed E-state index contributed by atoms with van der Waals surface area (Å²) in [7, 11) is 0. The highest BCUT2D eigenvalue weighted by Gasteiger charge is 2.11. The Morgan fingerprint density at radius 1 is 1.11 bits per heavy atom. The van der Waals surface area contributed by atoms with E-state index in [-0.39, 0.29) is 5.78 Å². The topological polar surface area (TPSA) is 17.1 Å². The van der Waals surface area contributed by atoms with Crippen LogP contribution in [0.5, 0.6) is 0 Å². The average Bonchev–Trinajstić information content (AvgIpc) is 2.42. The average molecular weight is 311 g/mol. The molecule has 0 atom stereocenters. The highest BCUT2D eigenvalue weighted by Crippen LogP contribution is 2.36. The van der Waals surface area contributed by atoms with Crippen molar-refractivity contribution in [3.8, 4) is 0 Å². The Labute approximate surface area is 126 Å². The van der Waals surface area contributed by atoms with Gasteiger partial charge in [-0.1, -0.05) is 60.1 Å². The second-order valence-electron chi connectivity index (χ2n) is 3.95. The summed E-state index contributed by atoms with van der Waals surface area (Å²) in [6.07, 6.45) is 0.487. The lowest BCUT2D eigenvalue weighted by Gasteiger charge is -2.09. The van der Waals surface area contributed by atoms with E-state index in [4.69, 9.17) is 23.2 Å². The van der Waals surface area contributed by atoms with E-state index in [0.29, 0.717) is 16.5 Å². The van der Waals surface area contributed by atoms with Gasteiger partial charge in [-0.3, -0.25) is 4.79 Å². The number of ketones is 1. The monoisotopic (exact) mass is 310 g/mol. The molecule has 0 heterocycles. The summed E-state index contributed by atoms with van der Waals surface area (Å²) in [5.41, 5.74) is 0.728. The molecule has 1 nitrogen and oxygen atoms in total. The van der Waals surface area contributed by atoms with Gasteiger partial charge in [0.05, 0.1) is 5.02 Å². The minimum absolute atomic E-state index is 0.126. The van der Waals surface area contributed by atoms with E-state index < -0.39 is 0 Å². The minimum atomic E-state index is 0.126. The van der Waals surface area contributed by atoms with Gasteiger partial charge in [0.2, 0.25) is 0 Å². The van der Waals surface area contributed by atoms with Crippen molar-refractivity contribution in [1.82, 2.24) is 0 Å². The van der Waals surface area contributed by atoms with Gasteiger partial charge in [0.1, 0.15) is 0 Å². The molecule has 0 bridgehead atoms. The number of Topliss-reactive ketones (excluding diaryl/α,β-unsaturated/α-hetero) is 1. The van der Waals surface area contributed by atoms with Gasteiger partial charge in [0.25, 0.3) is 0 Å². The van der Waals surface area contributed by atoms with Crippen LogP contribution in [0.2, 0.25) is 10.0 Å². The van der Waals surface area contributed by atoms with Crippen LogP contribution in [0.1, 0.15) is 23.7 Å². The first-order valence-corrected chi connectivity index (χ1v) is 7.44. The van der Waals surface area contributed by atoms with Crippen molar-refractivity contribution in [2.24, 2.45) is 0 Å². The van der Waals surface area contributed by atoms with Gasteiger partial charge in [-0.2, -0.15) is 0 Å². The second kappa shape index (κ2) is 6.47. The molecule has 2 aromatic carbocycles. The maximum absolute atomic E-state index is 11.9. The molecule has 0 aliphatic heterocycles. The highest BCUT2D eigenvalue weighted by atomic mass is 35.5. The molecule has 4 heteroatoms. The lowest BCUT2D eigenvalue weighted by molar-refractivity contribution is 0.0985. The molecular weight excluding hydrogens is 299 g/mol. The lowest BCUT2D eigenvalue weighted by atomic mass is 10.1. The molecule has 0 radical (unpaired) electrons. The van der Waals surface area contributed by atoms with Gasteiger partial charge in [-0.15, -0.1) is 0 Å². The van der Waals surface area contributed by atoms with E-state index in [1.165, 1.54) is 11.8 Å². The van der Waals surface area contributed by atoms with Gasteiger partial charge in [0.15, 0.2) is 5.78 Å². The van der Waals surface area contributed by atoms with Crippen molar-refractivity contribution >= 4 is 40.7 Å². The minimum Gasteiger partial charge on any atom is -0.294 e. The number of rotatable bonds is 4. The molecule has 0 fully saturated rings. The summed E-state index contributed by atoms with van der Waals surface area (Å²) in [6, 6.07) is 12.9. The van der Waals surface area contributed by atoms with Crippen LogP contribution < -0.4 is 0 Å². The fourth-order valence-corrected chi connectivity index (χ4v) is 3.15. The summed E-state index contributed by atoms with van der Waals surface area (Å²) < 4.78 is 0. The van der Waals surface area contributed by atoms with Crippen LogP contribution in [0.15, 0.2) is 52.3 Å². The van der Waals surface area contributed by atoms with Gasteiger partial charge < -0.3 is 0 Å². The van der Waals surface area contributed by atoms with Crippen molar-refractivity contribution in [3.63, 3.8) is 0 Å². The molecule has 0 N–H and O–H groups in total. The summed E-state index contributed by atoms with van der Waals surface area (Å²) in [5, 5.41) is 1.26. The Balaban J connectivity index is 2.38. The van der Waals surface area contributed by atoms with E-state index in [0.717, 1.165) is 15.4 Å². The smallest absolute Gasteiger partial charge is 0.163 e. The van der Waals surface area contributed by atoms with E-state index in [2.05, 4.69) is 0 Å². The van der Waals surface area contributed by atoms with Gasteiger partial charge >= 0.3 is 0 Å². The van der Waals surface area contributed by atoms with Crippen LogP contribution in [-0.2, 0) is 0 Å². The molecule has 0 amide bonds.